The summed E-state index contributed by atoms with van der Waals surface area (Å²) >= 11 is 0. The standard InChI is InChI=1S/C18H19N3/c1-21-13-12-18(20-21)19-14-17(15-8-4-2-5-9-15)16-10-6-3-7-11-16/h2-13,17H,14H2,1H3,(H,19,20). The molecule has 21 heavy (non-hydrogen) atoms. The largest absolute Gasteiger partial charge is 0.368 e. The number of nitrogens with zero attached hydrogens (tertiary/aromatic N) is 2. The first-order valence-corrected chi connectivity index (χ1v) is 7.16. The van der Waals surface area contributed by atoms with E-state index < -0.39 is 0 Å². The average molecular weight is 277 g/mol. The van der Waals surface area contributed by atoms with Crippen molar-refractivity contribution in [3.63, 3.8) is 0 Å². The van der Waals surface area contributed by atoms with Crippen molar-refractivity contribution in [1.82, 2.24) is 9.78 Å². The van der Waals surface area contributed by atoms with Crippen LogP contribution in [0.2, 0.25) is 0 Å². The molecule has 3 aromatic rings. The van der Waals surface area contributed by atoms with Crippen LogP contribution in [0.5, 0.6) is 0 Å². The van der Waals surface area contributed by atoms with Crippen LogP contribution in [0.15, 0.2) is 72.9 Å². The summed E-state index contributed by atoms with van der Waals surface area (Å²) in [4.78, 5) is 0. The number of hydrogen-bond acceptors (Lipinski definition) is 2. The van der Waals surface area contributed by atoms with E-state index in [-0.39, 0.29) is 0 Å². The van der Waals surface area contributed by atoms with Gasteiger partial charge in [0, 0.05) is 31.8 Å². The first-order chi connectivity index (χ1) is 10.3. The van der Waals surface area contributed by atoms with Gasteiger partial charge in [0.05, 0.1) is 0 Å². The van der Waals surface area contributed by atoms with E-state index in [4.69, 9.17) is 0 Å². The normalized spacial score (nSPS) is 10.8. The summed E-state index contributed by atoms with van der Waals surface area (Å²) in [5.74, 6) is 1.23. The van der Waals surface area contributed by atoms with Crippen LogP contribution in [0.1, 0.15) is 17.0 Å². The summed E-state index contributed by atoms with van der Waals surface area (Å²) in [6, 6.07) is 23.2. The summed E-state index contributed by atoms with van der Waals surface area (Å²) in [6.45, 7) is 0.824. The van der Waals surface area contributed by atoms with Crippen LogP contribution in [-0.2, 0) is 7.05 Å². The zero-order chi connectivity index (χ0) is 14.5. The van der Waals surface area contributed by atoms with Crippen LogP contribution >= 0.6 is 0 Å². The Kier molecular flexibility index (Phi) is 4.01. The van der Waals surface area contributed by atoms with Crippen LogP contribution < -0.4 is 5.32 Å². The third kappa shape index (κ3) is 3.31. The fourth-order valence-electron chi connectivity index (χ4n) is 2.51. The van der Waals surface area contributed by atoms with E-state index in [2.05, 4.69) is 71.1 Å². The summed E-state index contributed by atoms with van der Waals surface area (Å²) in [7, 11) is 1.93. The van der Waals surface area contributed by atoms with Gasteiger partial charge in [0.2, 0.25) is 0 Å². The molecular weight excluding hydrogens is 258 g/mol. The molecule has 3 nitrogen and oxygen atoms in total. The molecule has 0 radical (unpaired) electrons. The molecule has 106 valence electrons. The van der Waals surface area contributed by atoms with E-state index in [9.17, 15) is 0 Å². The Morgan fingerprint density at radius 3 is 1.95 bits per heavy atom. The van der Waals surface area contributed by atoms with E-state index in [0.29, 0.717) is 5.92 Å². The van der Waals surface area contributed by atoms with Crippen molar-refractivity contribution < 1.29 is 0 Å². The average Bonchev–Trinajstić information content (AvgIpc) is 2.95. The Bertz CT molecular complexity index is 634. The summed E-state index contributed by atoms with van der Waals surface area (Å²) in [6.07, 6.45) is 1.95. The highest BCUT2D eigenvalue weighted by Crippen LogP contribution is 2.24. The monoisotopic (exact) mass is 277 g/mol. The van der Waals surface area contributed by atoms with Gasteiger partial charge in [0.15, 0.2) is 0 Å². The number of rotatable bonds is 5. The maximum atomic E-state index is 4.38. The highest BCUT2D eigenvalue weighted by molar-refractivity contribution is 5.38. The molecule has 0 amide bonds. The van der Waals surface area contributed by atoms with Gasteiger partial charge in [-0.25, -0.2) is 0 Å². The van der Waals surface area contributed by atoms with Gasteiger partial charge in [-0.2, -0.15) is 5.10 Å². The van der Waals surface area contributed by atoms with Gasteiger partial charge < -0.3 is 5.32 Å². The predicted molar refractivity (Wildman–Crippen MR) is 86.4 cm³/mol. The first-order valence-electron chi connectivity index (χ1n) is 7.16. The second-order valence-electron chi connectivity index (χ2n) is 5.13. The summed E-state index contributed by atoms with van der Waals surface area (Å²) in [5.41, 5.74) is 2.62. The fourth-order valence-corrected chi connectivity index (χ4v) is 2.51. The molecule has 0 unspecified atom stereocenters. The van der Waals surface area contributed by atoms with Crippen LogP contribution in [0.3, 0.4) is 0 Å². The van der Waals surface area contributed by atoms with E-state index in [1.54, 1.807) is 0 Å². The number of anilines is 1. The van der Waals surface area contributed by atoms with Crippen molar-refractivity contribution in [2.24, 2.45) is 7.05 Å². The molecule has 1 aromatic heterocycles. The van der Waals surface area contributed by atoms with Gasteiger partial charge in [-0.05, 0) is 11.1 Å². The maximum absolute atomic E-state index is 4.38. The highest BCUT2D eigenvalue weighted by atomic mass is 15.3. The van der Waals surface area contributed by atoms with E-state index in [1.807, 2.05) is 24.0 Å². The van der Waals surface area contributed by atoms with Gasteiger partial charge in [-0.15, -0.1) is 0 Å². The molecule has 0 atom stereocenters. The Labute approximate surface area is 125 Å². The highest BCUT2D eigenvalue weighted by Gasteiger charge is 2.13. The minimum atomic E-state index is 0.314. The number of benzene rings is 2. The molecular formula is C18H19N3. The molecule has 2 aromatic carbocycles. The van der Waals surface area contributed by atoms with E-state index >= 15 is 0 Å². The van der Waals surface area contributed by atoms with Gasteiger partial charge in [0.1, 0.15) is 5.82 Å². The Morgan fingerprint density at radius 1 is 0.905 bits per heavy atom. The molecule has 3 rings (SSSR count). The molecule has 0 spiro atoms. The number of aryl methyl sites for hydroxylation is 1. The van der Waals surface area contributed by atoms with Crippen LogP contribution in [0, 0.1) is 0 Å². The zero-order valence-electron chi connectivity index (χ0n) is 12.1. The molecule has 0 saturated carbocycles. The third-order valence-corrected chi connectivity index (χ3v) is 3.60. The number of aromatic nitrogens is 2. The third-order valence-electron chi connectivity index (χ3n) is 3.60. The van der Waals surface area contributed by atoms with Gasteiger partial charge in [-0.3, -0.25) is 4.68 Å². The summed E-state index contributed by atoms with van der Waals surface area (Å²) in [5, 5.41) is 7.81. The lowest BCUT2D eigenvalue weighted by Gasteiger charge is -2.18. The summed E-state index contributed by atoms with van der Waals surface area (Å²) < 4.78 is 1.81. The SMILES string of the molecule is Cn1ccc(NCC(c2ccccc2)c2ccccc2)n1. The van der Waals surface area contributed by atoms with Crippen molar-refractivity contribution in [3.05, 3.63) is 84.1 Å². The molecule has 0 aliphatic rings. The van der Waals surface area contributed by atoms with Gasteiger partial charge in [0.25, 0.3) is 0 Å². The van der Waals surface area contributed by atoms with Crippen LogP contribution in [-0.4, -0.2) is 16.3 Å². The molecule has 1 N–H and O–H groups in total. The minimum Gasteiger partial charge on any atom is -0.368 e. The van der Waals surface area contributed by atoms with Gasteiger partial charge in [-0.1, -0.05) is 60.7 Å². The molecule has 1 heterocycles. The van der Waals surface area contributed by atoms with Crippen LogP contribution in [0.25, 0.3) is 0 Å². The zero-order valence-corrected chi connectivity index (χ0v) is 12.1. The molecule has 0 fully saturated rings. The van der Waals surface area contributed by atoms with E-state index in [1.165, 1.54) is 11.1 Å². The lowest BCUT2D eigenvalue weighted by molar-refractivity contribution is 0.763. The first kappa shape index (κ1) is 13.4. The van der Waals surface area contributed by atoms with Gasteiger partial charge >= 0.3 is 0 Å². The molecule has 0 bridgehead atoms. The lowest BCUT2D eigenvalue weighted by Crippen LogP contribution is -2.14. The lowest BCUT2D eigenvalue weighted by atomic mass is 9.91. The Balaban J connectivity index is 1.83. The number of hydrogen-bond donors (Lipinski definition) is 1. The number of nitrogens with one attached hydrogen (secondary N) is 1. The predicted octanol–water partition coefficient (Wildman–Crippen LogP) is 3.66. The smallest absolute Gasteiger partial charge is 0.148 e. The molecule has 3 heteroatoms. The topological polar surface area (TPSA) is 29.9 Å². The quantitative estimate of drug-likeness (QED) is 0.771. The minimum absolute atomic E-state index is 0.314. The second-order valence-corrected chi connectivity index (χ2v) is 5.13. The molecule has 0 aliphatic heterocycles. The molecule has 0 aliphatic carbocycles. The maximum Gasteiger partial charge on any atom is 0.148 e. The van der Waals surface area contributed by atoms with Crippen molar-refractivity contribution in [3.8, 4) is 0 Å². The van der Waals surface area contributed by atoms with Crippen molar-refractivity contribution in [2.45, 2.75) is 5.92 Å². The molecule has 0 saturated heterocycles. The second kappa shape index (κ2) is 6.27. The van der Waals surface area contributed by atoms with Crippen molar-refractivity contribution in [2.75, 3.05) is 11.9 Å². The van der Waals surface area contributed by atoms with Crippen molar-refractivity contribution >= 4 is 5.82 Å². The fraction of sp³-hybridized carbons (Fsp3) is 0.167. The van der Waals surface area contributed by atoms with Crippen LogP contribution in [0.4, 0.5) is 5.82 Å². The Morgan fingerprint density at radius 2 is 1.48 bits per heavy atom. The Hall–Kier alpha value is -2.55. The van der Waals surface area contributed by atoms with E-state index in [0.717, 1.165) is 12.4 Å². The van der Waals surface area contributed by atoms with Crippen molar-refractivity contribution in [1.29, 1.82) is 0 Å².